The average molecular weight is 629 g/mol. The van der Waals surface area contributed by atoms with Gasteiger partial charge in [0.05, 0.1) is 40.6 Å². The van der Waals surface area contributed by atoms with Gasteiger partial charge in [0.2, 0.25) is 0 Å². The number of esters is 1. The van der Waals surface area contributed by atoms with E-state index in [1.807, 2.05) is 31.0 Å². The Morgan fingerprint density at radius 3 is 2.63 bits per heavy atom. The molecule has 0 N–H and O–H groups in total. The fourth-order valence-corrected chi connectivity index (χ4v) is 5.98. The van der Waals surface area contributed by atoms with Crippen LogP contribution < -0.4 is 4.90 Å². The molecule has 2 aromatic heterocycles. The van der Waals surface area contributed by atoms with E-state index in [2.05, 4.69) is 5.10 Å². The van der Waals surface area contributed by atoms with Gasteiger partial charge in [0.15, 0.2) is 11.3 Å². The van der Waals surface area contributed by atoms with Crippen molar-refractivity contribution in [3.05, 3.63) is 75.7 Å². The van der Waals surface area contributed by atoms with E-state index in [0.29, 0.717) is 53.9 Å². The van der Waals surface area contributed by atoms with Gasteiger partial charge in [-0.1, -0.05) is 41.4 Å². The third kappa shape index (κ3) is 6.32. The van der Waals surface area contributed by atoms with Crippen LogP contribution in [0.3, 0.4) is 0 Å². The van der Waals surface area contributed by atoms with E-state index in [4.69, 9.17) is 37.7 Å². The molecule has 2 atom stereocenters. The highest BCUT2D eigenvalue weighted by atomic mass is 35.5. The molecule has 43 heavy (non-hydrogen) atoms. The van der Waals surface area contributed by atoms with Gasteiger partial charge in [0, 0.05) is 44.9 Å². The number of methoxy groups -OCH3 is 1. The molecular formula is C31H32Cl2FN5O4. The summed E-state index contributed by atoms with van der Waals surface area (Å²) < 4.78 is 26.8. The Morgan fingerprint density at radius 1 is 1.14 bits per heavy atom. The lowest BCUT2D eigenvalue weighted by molar-refractivity contribution is -0.146. The van der Waals surface area contributed by atoms with E-state index in [0.717, 1.165) is 11.3 Å². The van der Waals surface area contributed by atoms with Gasteiger partial charge in [-0.05, 0) is 49.9 Å². The molecule has 2 aromatic carbocycles. The van der Waals surface area contributed by atoms with Gasteiger partial charge < -0.3 is 19.3 Å². The van der Waals surface area contributed by atoms with Crippen molar-refractivity contribution in [2.75, 3.05) is 38.8 Å². The number of benzene rings is 2. The lowest BCUT2D eigenvalue weighted by Gasteiger charge is -2.37. The Labute approximate surface area is 259 Å². The van der Waals surface area contributed by atoms with E-state index < -0.39 is 5.82 Å². The summed E-state index contributed by atoms with van der Waals surface area (Å²) in [6, 6.07) is 13.5. The third-order valence-corrected chi connectivity index (χ3v) is 8.34. The third-order valence-electron chi connectivity index (χ3n) is 7.73. The van der Waals surface area contributed by atoms with E-state index in [1.165, 1.54) is 12.1 Å². The summed E-state index contributed by atoms with van der Waals surface area (Å²) in [5.41, 5.74) is 3.24. The maximum atomic E-state index is 14.4. The first-order chi connectivity index (χ1) is 20.6. The van der Waals surface area contributed by atoms with Crippen LogP contribution in [0, 0.1) is 18.7 Å². The van der Waals surface area contributed by atoms with Gasteiger partial charge >= 0.3 is 5.97 Å². The number of para-hydroxylation sites is 1. The Hall–Kier alpha value is -3.73. The molecule has 0 bridgehead atoms. The number of hydrogen-bond donors (Lipinski definition) is 0. The number of amides is 1. The largest absolute Gasteiger partial charge is 0.466 e. The van der Waals surface area contributed by atoms with Crippen LogP contribution in [0.1, 0.15) is 35.8 Å². The highest BCUT2D eigenvalue weighted by Gasteiger charge is 2.34. The number of hydrogen-bond acceptors (Lipinski definition) is 7. The maximum Gasteiger partial charge on any atom is 0.306 e. The number of carbonyl (C=O) groups is 2. The monoisotopic (exact) mass is 627 g/mol. The predicted octanol–water partition coefficient (Wildman–Crippen LogP) is 6.35. The van der Waals surface area contributed by atoms with Crippen LogP contribution in [0.4, 0.5) is 15.9 Å². The summed E-state index contributed by atoms with van der Waals surface area (Å²) in [6.07, 6.45) is 0.493. The second kappa shape index (κ2) is 12.9. The fraction of sp³-hybridized carbons (Fsp3) is 0.355. The maximum absolute atomic E-state index is 14.4. The van der Waals surface area contributed by atoms with E-state index >= 15 is 0 Å². The number of anilines is 2. The molecule has 2 unspecified atom stereocenters. The quantitative estimate of drug-likeness (QED) is 0.210. The van der Waals surface area contributed by atoms with Gasteiger partial charge in [0.1, 0.15) is 11.6 Å². The molecule has 12 heteroatoms. The average Bonchev–Trinajstić information content (AvgIpc) is 3.42. The van der Waals surface area contributed by atoms with E-state index in [-0.39, 0.29) is 41.0 Å². The number of halogens is 3. The molecule has 0 radical (unpaired) electrons. The van der Waals surface area contributed by atoms with Crippen molar-refractivity contribution in [3.63, 3.8) is 0 Å². The van der Waals surface area contributed by atoms with Crippen molar-refractivity contribution in [2.45, 2.75) is 32.8 Å². The van der Waals surface area contributed by atoms with Gasteiger partial charge in [0.25, 0.3) is 5.91 Å². The number of likely N-dealkylation sites (tertiary alicyclic amines) is 1. The number of ether oxygens (including phenoxy) is 2. The topological polar surface area (TPSA) is 89.3 Å². The van der Waals surface area contributed by atoms with Gasteiger partial charge in [-0.2, -0.15) is 9.61 Å². The molecule has 0 aliphatic carbocycles. The van der Waals surface area contributed by atoms with Crippen molar-refractivity contribution in [1.29, 1.82) is 0 Å². The Kier molecular flexibility index (Phi) is 9.19. The molecule has 1 aliphatic heterocycles. The zero-order chi connectivity index (χ0) is 30.8. The van der Waals surface area contributed by atoms with Gasteiger partial charge in [-0.3, -0.25) is 9.59 Å². The summed E-state index contributed by atoms with van der Waals surface area (Å²) in [4.78, 5) is 34.1. The molecule has 4 aromatic rings. The molecule has 0 saturated carbocycles. The van der Waals surface area contributed by atoms with Crippen molar-refractivity contribution in [2.24, 2.45) is 5.92 Å². The van der Waals surface area contributed by atoms with Crippen LogP contribution in [0.15, 0.2) is 48.5 Å². The van der Waals surface area contributed by atoms with Crippen LogP contribution in [0.5, 0.6) is 0 Å². The Balaban J connectivity index is 1.53. The Morgan fingerprint density at radius 2 is 1.93 bits per heavy atom. The molecule has 1 aliphatic rings. The van der Waals surface area contributed by atoms with Crippen LogP contribution in [-0.2, 0) is 14.3 Å². The summed E-state index contributed by atoms with van der Waals surface area (Å²) in [5.74, 6) is -0.627. The van der Waals surface area contributed by atoms with E-state index in [1.54, 1.807) is 47.7 Å². The highest BCUT2D eigenvalue weighted by Crippen LogP contribution is 2.36. The lowest BCUT2D eigenvalue weighted by atomic mass is 9.90. The number of nitrogens with zero attached hydrogens (tertiary/aromatic N) is 5. The lowest BCUT2D eigenvalue weighted by Crippen LogP contribution is -2.48. The van der Waals surface area contributed by atoms with Crippen LogP contribution in [-0.4, -0.2) is 71.3 Å². The molecule has 1 amide bonds. The highest BCUT2D eigenvalue weighted by molar-refractivity contribution is 6.33. The minimum absolute atomic E-state index is 0.00601. The number of carbonyl (C=O) groups excluding carboxylic acids is 2. The predicted molar refractivity (Wildman–Crippen MR) is 164 cm³/mol. The van der Waals surface area contributed by atoms with Crippen molar-refractivity contribution in [1.82, 2.24) is 19.5 Å². The second-order valence-corrected chi connectivity index (χ2v) is 11.3. The molecule has 0 spiro atoms. The minimum atomic E-state index is -0.568. The molecule has 9 nitrogen and oxygen atoms in total. The molecule has 3 heterocycles. The smallest absolute Gasteiger partial charge is 0.306 e. The normalized spacial score (nSPS) is 16.9. The van der Waals surface area contributed by atoms with Crippen LogP contribution in [0.2, 0.25) is 10.0 Å². The van der Waals surface area contributed by atoms with Crippen LogP contribution >= 0.6 is 23.2 Å². The zero-order valence-corrected chi connectivity index (χ0v) is 25.8. The Bertz CT molecular complexity index is 1660. The first-order valence-corrected chi connectivity index (χ1v) is 14.7. The zero-order valence-electron chi connectivity index (χ0n) is 24.3. The number of aromatic nitrogens is 3. The standard InChI is InChI=1S/C31H32Cl2FN5O4/c1-5-43-29(40)14-20-11-12-38(17-26(20)42-4)31(41)25-15-27-35-24(19-9-10-21(32)23(34)13-19)16-28(39(27)36-25)37(3)30-18(2)7-6-8-22(30)33/h6-10,13,15-16,20,26H,5,11-12,14,17H2,1-4H3. The summed E-state index contributed by atoms with van der Waals surface area (Å²) in [7, 11) is 3.42. The summed E-state index contributed by atoms with van der Waals surface area (Å²) in [5, 5.41) is 5.21. The molecular weight excluding hydrogens is 596 g/mol. The minimum Gasteiger partial charge on any atom is -0.466 e. The number of rotatable bonds is 8. The number of piperidine rings is 1. The summed E-state index contributed by atoms with van der Waals surface area (Å²) >= 11 is 12.5. The van der Waals surface area contributed by atoms with Crippen LogP contribution in [0.25, 0.3) is 16.9 Å². The van der Waals surface area contributed by atoms with E-state index in [9.17, 15) is 14.0 Å². The molecule has 226 valence electrons. The first-order valence-electron chi connectivity index (χ1n) is 13.9. The molecule has 1 fully saturated rings. The molecule has 1 saturated heterocycles. The second-order valence-electron chi connectivity index (χ2n) is 10.5. The number of aryl methyl sites for hydroxylation is 1. The van der Waals surface area contributed by atoms with Crippen molar-refractivity contribution in [3.8, 4) is 11.3 Å². The van der Waals surface area contributed by atoms with Gasteiger partial charge in [-0.15, -0.1) is 0 Å². The summed E-state index contributed by atoms with van der Waals surface area (Å²) in [6.45, 7) is 4.78. The number of fused-ring (bicyclic) bond motifs is 1. The first kappa shape index (κ1) is 30.7. The fourth-order valence-electron chi connectivity index (χ4n) is 5.51. The molecule has 5 rings (SSSR count). The van der Waals surface area contributed by atoms with Crippen molar-refractivity contribution >= 4 is 52.2 Å². The van der Waals surface area contributed by atoms with Crippen molar-refractivity contribution < 1.29 is 23.5 Å². The SMILES string of the molecule is CCOC(=O)CC1CCN(C(=O)c2cc3nc(-c4ccc(Cl)c(F)c4)cc(N(C)c4c(C)cccc4Cl)n3n2)CC1OC. The van der Waals surface area contributed by atoms with Gasteiger partial charge in [-0.25, -0.2) is 9.37 Å².